The second-order valence-corrected chi connectivity index (χ2v) is 5.84. The van der Waals surface area contributed by atoms with Gasteiger partial charge in [0.25, 0.3) is 0 Å². The number of rotatable bonds is 4. The average molecular weight is 362 g/mol. The summed E-state index contributed by atoms with van der Waals surface area (Å²) in [7, 11) is 1.56. The molecule has 0 N–H and O–H groups in total. The van der Waals surface area contributed by atoms with Crippen LogP contribution in [0.4, 0.5) is 8.78 Å². The summed E-state index contributed by atoms with van der Waals surface area (Å²) in [5.74, 6) is -0.480. The zero-order chi connectivity index (χ0) is 14.7. The van der Waals surface area contributed by atoms with E-state index in [2.05, 4.69) is 15.9 Å². The normalized spacial score (nSPS) is 12.2. The van der Waals surface area contributed by atoms with Crippen molar-refractivity contribution in [3.63, 3.8) is 0 Å². The Kier molecular flexibility index (Phi) is 5.00. The molecule has 0 aromatic heterocycles. The lowest BCUT2D eigenvalue weighted by Gasteiger charge is -2.15. The van der Waals surface area contributed by atoms with Crippen LogP contribution < -0.4 is 4.74 Å². The Morgan fingerprint density at radius 1 is 1.20 bits per heavy atom. The largest absolute Gasteiger partial charge is 0.496 e. The molecule has 0 bridgehead atoms. The molecule has 0 heterocycles. The van der Waals surface area contributed by atoms with Crippen molar-refractivity contribution < 1.29 is 13.5 Å². The van der Waals surface area contributed by atoms with Crippen molar-refractivity contribution in [1.82, 2.24) is 0 Å². The van der Waals surface area contributed by atoms with Crippen LogP contribution in [0.25, 0.3) is 0 Å². The fraction of sp³-hybridized carbons (Fsp3) is 0.200. The molecule has 1 atom stereocenters. The zero-order valence-corrected chi connectivity index (χ0v) is 13.0. The first-order chi connectivity index (χ1) is 9.51. The predicted molar refractivity (Wildman–Crippen MR) is 79.7 cm³/mol. The van der Waals surface area contributed by atoms with Crippen molar-refractivity contribution in [3.05, 3.63) is 64.2 Å². The molecule has 0 aliphatic rings. The van der Waals surface area contributed by atoms with Crippen molar-refractivity contribution in [2.45, 2.75) is 11.2 Å². The molecular formula is C15H12BrClF2O. The Bertz CT molecular complexity index is 619. The Hall–Kier alpha value is -1.13. The minimum atomic E-state index is -0.585. The molecule has 1 unspecified atom stereocenters. The lowest BCUT2D eigenvalue weighted by molar-refractivity contribution is 0.409. The molecule has 106 valence electrons. The molecule has 0 fully saturated rings. The number of methoxy groups -OCH3 is 1. The van der Waals surface area contributed by atoms with Crippen LogP contribution in [0, 0.1) is 11.6 Å². The van der Waals surface area contributed by atoms with Gasteiger partial charge in [-0.05, 0) is 36.2 Å². The van der Waals surface area contributed by atoms with Gasteiger partial charge in [0, 0.05) is 21.5 Å². The van der Waals surface area contributed by atoms with Gasteiger partial charge in [-0.2, -0.15) is 0 Å². The molecule has 1 nitrogen and oxygen atoms in total. The molecule has 0 saturated carbocycles. The van der Waals surface area contributed by atoms with Gasteiger partial charge in [-0.3, -0.25) is 0 Å². The maximum atomic E-state index is 13.7. The monoisotopic (exact) mass is 360 g/mol. The molecule has 0 radical (unpaired) electrons. The predicted octanol–water partition coefficient (Wildman–Crippen LogP) is 5.31. The number of benzene rings is 2. The van der Waals surface area contributed by atoms with Crippen LogP contribution in [0.1, 0.15) is 16.0 Å². The van der Waals surface area contributed by atoms with Gasteiger partial charge in [-0.1, -0.05) is 33.6 Å². The van der Waals surface area contributed by atoms with Gasteiger partial charge in [0.05, 0.1) is 7.11 Å². The molecule has 2 aromatic rings. The van der Waals surface area contributed by atoms with Crippen LogP contribution >= 0.6 is 27.5 Å². The van der Waals surface area contributed by atoms with Gasteiger partial charge in [0.2, 0.25) is 0 Å². The van der Waals surface area contributed by atoms with Crippen LogP contribution in [-0.4, -0.2) is 7.11 Å². The first-order valence-corrected chi connectivity index (χ1v) is 7.22. The van der Waals surface area contributed by atoms with Gasteiger partial charge < -0.3 is 4.74 Å². The smallest absolute Gasteiger partial charge is 0.129 e. The molecule has 0 spiro atoms. The highest BCUT2D eigenvalue weighted by atomic mass is 79.9. The maximum absolute atomic E-state index is 13.7. The van der Waals surface area contributed by atoms with E-state index in [0.717, 1.165) is 11.6 Å². The van der Waals surface area contributed by atoms with Crippen molar-refractivity contribution in [3.8, 4) is 5.75 Å². The second-order valence-electron chi connectivity index (χ2n) is 4.29. The molecular weight excluding hydrogens is 350 g/mol. The van der Waals surface area contributed by atoms with E-state index < -0.39 is 11.6 Å². The van der Waals surface area contributed by atoms with Gasteiger partial charge in [0.15, 0.2) is 0 Å². The van der Waals surface area contributed by atoms with E-state index in [1.165, 1.54) is 12.1 Å². The van der Waals surface area contributed by atoms with Gasteiger partial charge in [-0.15, -0.1) is 0 Å². The zero-order valence-electron chi connectivity index (χ0n) is 10.7. The van der Waals surface area contributed by atoms with E-state index >= 15 is 0 Å². The van der Waals surface area contributed by atoms with Crippen molar-refractivity contribution in [1.29, 1.82) is 0 Å². The quantitative estimate of drug-likeness (QED) is 0.671. The minimum absolute atomic E-state index is 0.184. The Morgan fingerprint density at radius 2 is 1.95 bits per heavy atom. The Morgan fingerprint density at radius 3 is 2.60 bits per heavy atom. The number of hydrogen-bond donors (Lipinski definition) is 0. The number of hydrogen-bond acceptors (Lipinski definition) is 1. The lowest BCUT2D eigenvalue weighted by atomic mass is 10.0. The minimum Gasteiger partial charge on any atom is -0.496 e. The lowest BCUT2D eigenvalue weighted by Crippen LogP contribution is -2.01. The number of halogens is 4. The Labute approximate surface area is 129 Å². The SMILES string of the molecule is COc1ccc(Cl)cc1C(Br)Cc1ccc(F)cc1F. The highest BCUT2D eigenvalue weighted by Gasteiger charge is 2.16. The molecule has 2 rings (SSSR count). The van der Waals surface area contributed by atoms with Crippen LogP contribution in [0.2, 0.25) is 5.02 Å². The number of ether oxygens (including phenoxy) is 1. The standard InChI is InChI=1S/C15H12BrClF2O/c1-20-15-5-3-10(17)7-12(15)13(16)6-9-2-4-11(18)8-14(9)19/h2-5,7-8,13H,6H2,1H3. The van der Waals surface area contributed by atoms with E-state index in [9.17, 15) is 8.78 Å². The van der Waals surface area contributed by atoms with E-state index in [-0.39, 0.29) is 4.83 Å². The van der Waals surface area contributed by atoms with E-state index in [1.807, 2.05) is 0 Å². The van der Waals surface area contributed by atoms with Crippen molar-refractivity contribution >= 4 is 27.5 Å². The Balaban J connectivity index is 2.27. The van der Waals surface area contributed by atoms with E-state index in [0.29, 0.717) is 22.8 Å². The van der Waals surface area contributed by atoms with E-state index in [1.54, 1.807) is 25.3 Å². The van der Waals surface area contributed by atoms with Crippen LogP contribution in [0.3, 0.4) is 0 Å². The van der Waals surface area contributed by atoms with Crippen LogP contribution in [0.15, 0.2) is 36.4 Å². The summed E-state index contributed by atoms with van der Waals surface area (Å²) in [5.41, 5.74) is 1.25. The summed E-state index contributed by atoms with van der Waals surface area (Å²) in [5, 5.41) is 0.574. The average Bonchev–Trinajstić information content (AvgIpc) is 2.41. The molecule has 20 heavy (non-hydrogen) atoms. The summed E-state index contributed by atoms with van der Waals surface area (Å²) in [6.45, 7) is 0. The summed E-state index contributed by atoms with van der Waals surface area (Å²) in [6, 6.07) is 8.81. The molecule has 5 heteroatoms. The highest BCUT2D eigenvalue weighted by molar-refractivity contribution is 9.09. The third-order valence-corrected chi connectivity index (χ3v) is 4.00. The fourth-order valence-corrected chi connectivity index (χ4v) is 2.83. The second kappa shape index (κ2) is 6.55. The molecule has 2 aromatic carbocycles. The van der Waals surface area contributed by atoms with Crippen LogP contribution in [0.5, 0.6) is 5.75 Å². The summed E-state index contributed by atoms with van der Waals surface area (Å²) < 4.78 is 31.8. The summed E-state index contributed by atoms with van der Waals surface area (Å²) in [4.78, 5) is -0.184. The van der Waals surface area contributed by atoms with Crippen molar-refractivity contribution in [2.75, 3.05) is 7.11 Å². The topological polar surface area (TPSA) is 9.23 Å². The molecule has 0 saturated heterocycles. The van der Waals surface area contributed by atoms with Crippen molar-refractivity contribution in [2.24, 2.45) is 0 Å². The van der Waals surface area contributed by atoms with Gasteiger partial charge in [0.1, 0.15) is 17.4 Å². The summed E-state index contributed by atoms with van der Waals surface area (Å²) in [6.07, 6.45) is 0.364. The fourth-order valence-electron chi connectivity index (χ4n) is 1.94. The molecule has 0 aliphatic heterocycles. The molecule has 0 aliphatic carbocycles. The van der Waals surface area contributed by atoms with Gasteiger partial charge in [-0.25, -0.2) is 8.78 Å². The van der Waals surface area contributed by atoms with E-state index in [4.69, 9.17) is 16.3 Å². The highest BCUT2D eigenvalue weighted by Crippen LogP contribution is 2.36. The summed E-state index contributed by atoms with van der Waals surface area (Å²) >= 11 is 9.48. The van der Waals surface area contributed by atoms with Crippen LogP contribution in [-0.2, 0) is 6.42 Å². The molecule has 0 amide bonds. The maximum Gasteiger partial charge on any atom is 0.129 e. The van der Waals surface area contributed by atoms with Gasteiger partial charge >= 0.3 is 0 Å². The first-order valence-electron chi connectivity index (χ1n) is 5.92. The third kappa shape index (κ3) is 3.49. The third-order valence-electron chi connectivity index (χ3n) is 2.94. The first kappa shape index (κ1) is 15.3. The number of alkyl halides is 1.